The van der Waals surface area contributed by atoms with Crippen molar-refractivity contribution in [3.8, 4) is 5.75 Å². The minimum atomic E-state index is -0.159. The average Bonchev–Trinajstić information content (AvgIpc) is 2.45. The summed E-state index contributed by atoms with van der Waals surface area (Å²) in [5.41, 5.74) is 0.714. The maximum Gasteiger partial charge on any atom is 0.131 e. The molecular formula is C16H26ClFN2O. The Morgan fingerprint density at radius 2 is 1.95 bits per heavy atom. The van der Waals surface area contributed by atoms with E-state index in [-0.39, 0.29) is 24.3 Å². The van der Waals surface area contributed by atoms with Gasteiger partial charge in [0.15, 0.2) is 0 Å². The van der Waals surface area contributed by atoms with Gasteiger partial charge in [-0.1, -0.05) is 19.9 Å². The maximum absolute atomic E-state index is 14.4. The number of hydrogen-bond donors (Lipinski definition) is 1. The molecule has 1 fully saturated rings. The van der Waals surface area contributed by atoms with E-state index in [9.17, 15) is 4.39 Å². The Morgan fingerprint density at radius 1 is 1.29 bits per heavy atom. The molecule has 0 unspecified atom stereocenters. The normalized spacial score (nSPS) is 17.4. The molecule has 1 aromatic rings. The lowest BCUT2D eigenvalue weighted by Crippen LogP contribution is -2.45. The van der Waals surface area contributed by atoms with Gasteiger partial charge in [0.25, 0.3) is 0 Å². The molecule has 1 saturated heterocycles. The van der Waals surface area contributed by atoms with E-state index in [2.05, 4.69) is 24.1 Å². The monoisotopic (exact) mass is 316 g/mol. The van der Waals surface area contributed by atoms with Crippen LogP contribution >= 0.6 is 12.4 Å². The molecule has 21 heavy (non-hydrogen) atoms. The van der Waals surface area contributed by atoms with Crippen molar-refractivity contribution in [1.82, 2.24) is 10.2 Å². The Hall–Kier alpha value is -0.840. The van der Waals surface area contributed by atoms with Gasteiger partial charge >= 0.3 is 0 Å². The first-order chi connectivity index (χ1) is 9.63. The number of halogens is 2. The Labute approximate surface area is 133 Å². The SMILES string of the molecule is COc1cccc(F)c1[C@H](CC(C)C)N1CCNCC1.Cl. The molecule has 120 valence electrons. The number of hydrogen-bond acceptors (Lipinski definition) is 3. The summed E-state index contributed by atoms with van der Waals surface area (Å²) in [6.45, 7) is 8.20. The highest BCUT2D eigenvalue weighted by Gasteiger charge is 2.28. The topological polar surface area (TPSA) is 24.5 Å². The minimum Gasteiger partial charge on any atom is -0.496 e. The van der Waals surface area contributed by atoms with Crippen molar-refractivity contribution < 1.29 is 9.13 Å². The van der Waals surface area contributed by atoms with Gasteiger partial charge in [0.2, 0.25) is 0 Å². The fraction of sp³-hybridized carbons (Fsp3) is 0.625. The van der Waals surface area contributed by atoms with Gasteiger partial charge in [0, 0.05) is 37.8 Å². The number of nitrogens with one attached hydrogen (secondary N) is 1. The van der Waals surface area contributed by atoms with Gasteiger partial charge in [-0.05, 0) is 24.5 Å². The largest absolute Gasteiger partial charge is 0.496 e. The van der Waals surface area contributed by atoms with Crippen molar-refractivity contribution in [1.29, 1.82) is 0 Å². The molecule has 1 N–H and O–H groups in total. The van der Waals surface area contributed by atoms with Crippen LogP contribution in [0.5, 0.6) is 5.75 Å². The first kappa shape index (κ1) is 18.2. The number of methoxy groups -OCH3 is 1. The van der Waals surface area contributed by atoms with E-state index >= 15 is 0 Å². The molecule has 1 aromatic carbocycles. The molecule has 0 saturated carbocycles. The lowest BCUT2D eigenvalue weighted by atomic mass is 9.94. The van der Waals surface area contributed by atoms with Gasteiger partial charge < -0.3 is 10.1 Å². The van der Waals surface area contributed by atoms with E-state index in [0.717, 1.165) is 32.6 Å². The number of ether oxygens (including phenoxy) is 1. The highest BCUT2D eigenvalue weighted by Crippen LogP contribution is 2.36. The maximum atomic E-state index is 14.4. The fourth-order valence-electron chi connectivity index (χ4n) is 2.91. The van der Waals surface area contributed by atoms with Crippen LogP contribution in [0.2, 0.25) is 0 Å². The zero-order valence-electron chi connectivity index (χ0n) is 13.1. The summed E-state index contributed by atoms with van der Waals surface area (Å²) < 4.78 is 19.8. The first-order valence-corrected chi connectivity index (χ1v) is 7.40. The third kappa shape index (κ3) is 4.56. The first-order valence-electron chi connectivity index (χ1n) is 7.40. The van der Waals surface area contributed by atoms with Crippen LogP contribution < -0.4 is 10.1 Å². The summed E-state index contributed by atoms with van der Waals surface area (Å²) in [7, 11) is 1.61. The molecular weight excluding hydrogens is 291 g/mol. The average molecular weight is 317 g/mol. The zero-order chi connectivity index (χ0) is 14.5. The van der Waals surface area contributed by atoms with Crippen LogP contribution in [0.15, 0.2) is 18.2 Å². The summed E-state index contributed by atoms with van der Waals surface area (Å²) in [5, 5.41) is 3.35. The van der Waals surface area contributed by atoms with E-state index < -0.39 is 0 Å². The third-order valence-corrected chi connectivity index (χ3v) is 3.85. The second-order valence-electron chi connectivity index (χ2n) is 5.79. The number of nitrogens with zero attached hydrogens (tertiary/aromatic N) is 1. The lowest BCUT2D eigenvalue weighted by molar-refractivity contribution is 0.148. The molecule has 5 heteroatoms. The molecule has 3 nitrogen and oxygen atoms in total. The Bertz CT molecular complexity index is 436. The highest BCUT2D eigenvalue weighted by atomic mass is 35.5. The molecule has 0 spiro atoms. The van der Waals surface area contributed by atoms with Crippen LogP contribution in [-0.2, 0) is 0 Å². The lowest BCUT2D eigenvalue weighted by Gasteiger charge is -2.36. The fourth-order valence-corrected chi connectivity index (χ4v) is 2.91. The van der Waals surface area contributed by atoms with Crippen LogP contribution in [0.1, 0.15) is 31.9 Å². The van der Waals surface area contributed by atoms with E-state index in [1.54, 1.807) is 13.2 Å². The zero-order valence-corrected chi connectivity index (χ0v) is 13.9. The summed E-state index contributed by atoms with van der Waals surface area (Å²) in [6.07, 6.45) is 0.942. The van der Waals surface area contributed by atoms with E-state index in [1.165, 1.54) is 6.07 Å². The summed E-state index contributed by atoms with van der Waals surface area (Å²) in [5.74, 6) is 1.02. The number of benzene rings is 1. The van der Waals surface area contributed by atoms with E-state index in [4.69, 9.17) is 4.74 Å². The quantitative estimate of drug-likeness (QED) is 0.902. The van der Waals surface area contributed by atoms with Crippen molar-refractivity contribution in [2.45, 2.75) is 26.3 Å². The molecule has 1 atom stereocenters. The van der Waals surface area contributed by atoms with Crippen molar-refractivity contribution in [2.75, 3.05) is 33.3 Å². The summed E-state index contributed by atoms with van der Waals surface area (Å²) in [6, 6.07) is 5.19. The predicted molar refractivity (Wildman–Crippen MR) is 86.8 cm³/mol. The van der Waals surface area contributed by atoms with Crippen LogP contribution in [0.3, 0.4) is 0 Å². The second kappa shape index (κ2) is 8.57. The van der Waals surface area contributed by atoms with Crippen molar-refractivity contribution >= 4 is 12.4 Å². The van der Waals surface area contributed by atoms with Crippen LogP contribution in [-0.4, -0.2) is 38.2 Å². The second-order valence-corrected chi connectivity index (χ2v) is 5.79. The third-order valence-electron chi connectivity index (χ3n) is 3.85. The van der Waals surface area contributed by atoms with Crippen molar-refractivity contribution in [2.24, 2.45) is 5.92 Å². The van der Waals surface area contributed by atoms with Crippen molar-refractivity contribution in [3.05, 3.63) is 29.6 Å². The van der Waals surface area contributed by atoms with Crippen molar-refractivity contribution in [3.63, 3.8) is 0 Å². The predicted octanol–water partition coefficient (Wildman–Crippen LogP) is 3.25. The molecule has 1 heterocycles. The molecule has 0 aliphatic carbocycles. The van der Waals surface area contributed by atoms with Gasteiger partial charge in [-0.3, -0.25) is 4.90 Å². The van der Waals surface area contributed by atoms with Gasteiger partial charge in [-0.25, -0.2) is 4.39 Å². The molecule has 0 radical (unpaired) electrons. The Morgan fingerprint density at radius 3 is 2.52 bits per heavy atom. The summed E-state index contributed by atoms with van der Waals surface area (Å²) >= 11 is 0. The molecule has 0 aromatic heterocycles. The standard InChI is InChI=1S/C16H25FN2O.ClH/c1-12(2)11-14(19-9-7-18-8-10-19)16-13(17)5-4-6-15(16)20-3;/h4-6,12,14,18H,7-11H2,1-3H3;1H/t14-;/m0./s1. The number of rotatable bonds is 5. The van der Waals surface area contributed by atoms with Gasteiger partial charge in [-0.2, -0.15) is 0 Å². The van der Waals surface area contributed by atoms with Gasteiger partial charge in [-0.15, -0.1) is 12.4 Å². The molecule has 0 amide bonds. The molecule has 2 rings (SSSR count). The van der Waals surface area contributed by atoms with E-state index in [1.807, 2.05) is 6.07 Å². The van der Waals surface area contributed by atoms with Crippen LogP contribution in [0.25, 0.3) is 0 Å². The Balaban J connectivity index is 0.00000220. The molecule has 0 bridgehead atoms. The van der Waals surface area contributed by atoms with E-state index in [0.29, 0.717) is 17.2 Å². The van der Waals surface area contributed by atoms with Gasteiger partial charge in [0.1, 0.15) is 11.6 Å². The minimum absolute atomic E-state index is 0. The smallest absolute Gasteiger partial charge is 0.131 e. The van der Waals surface area contributed by atoms with Crippen LogP contribution in [0, 0.1) is 11.7 Å². The van der Waals surface area contributed by atoms with Gasteiger partial charge in [0.05, 0.1) is 7.11 Å². The molecule has 1 aliphatic rings. The van der Waals surface area contributed by atoms with Crippen LogP contribution in [0.4, 0.5) is 4.39 Å². The number of piperazine rings is 1. The summed E-state index contributed by atoms with van der Waals surface area (Å²) in [4.78, 5) is 2.37. The Kier molecular flexibility index (Phi) is 7.43. The molecule has 1 aliphatic heterocycles. The highest BCUT2D eigenvalue weighted by molar-refractivity contribution is 5.85.